The van der Waals surface area contributed by atoms with Gasteiger partial charge in [-0.3, -0.25) is 9.39 Å². The lowest BCUT2D eigenvalue weighted by atomic mass is 10.3. The topological polar surface area (TPSA) is 79.5 Å². The van der Waals surface area contributed by atoms with Gasteiger partial charge in [-0.15, -0.1) is 10.2 Å². The van der Waals surface area contributed by atoms with Crippen molar-refractivity contribution >= 4 is 23.4 Å². The Labute approximate surface area is 136 Å². The van der Waals surface area contributed by atoms with E-state index in [0.29, 0.717) is 23.7 Å². The first-order valence-corrected chi connectivity index (χ1v) is 7.51. The van der Waals surface area contributed by atoms with Crippen LogP contribution in [0, 0.1) is 6.92 Å². The average Bonchev–Trinajstić information content (AvgIpc) is 2.86. The normalized spacial score (nSPS) is 11.3. The van der Waals surface area contributed by atoms with Gasteiger partial charge in [-0.25, -0.2) is 4.98 Å². The van der Waals surface area contributed by atoms with E-state index in [2.05, 4.69) is 44.0 Å². The van der Waals surface area contributed by atoms with Gasteiger partial charge in [0.2, 0.25) is 5.65 Å². The zero-order chi connectivity index (χ0) is 17.0. The van der Waals surface area contributed by atoms with Crippen LogP contribution in [0.4, 0.5) is 5.82 Å². The third-order valence-corrected chi connectivity index (χ3v) is 3.11. The van der Waals surface area contributed by atoms with Gasteiger partial charge in [-0.1, -0.05) is 13.2 Å². The first-order chi connectivity index (χ1) is 10.9. The first kappa shape index (κ1) is 16.7. The summed E-state index contributed by atoms with van der Waals surface area (Å²) in [6.07, 6.45) is 3.58. The third kappa shape index (κ3) is 3.94. The molecule has 0 aliphatic rings. The Hall–Kier alpha value is -2.70. The molecular weight excluding hydrogens is 290 g/mol. The molecule has 122 valence electrons. The number of hydrogen-bond acceptors (Lipinski definition) is 6. The Bertz CT molecular complexity index is 755. The van der Waals surface area contributed by atoms with Crippen molar-refractivity contribution in [1.29, 1.82) is 0 Å². The van der Waals surface area contributed by atoms with E-state index in [-0.39, 0.29) is 6.04 Å². The molecule has 0 aromatic carbocycles. The highest BCUT2D eigenvalue weighted by atomic mass is 15.3. The predicted molar refractivity (Wildman–Crippen MR) is 94.6 cm³/mol. The second-order valence-corrected chi connectivity index (χ2v) is 5.50. The Morgan fingerprint density at radius 3 is 2.78 bits per heavy atom. The van der Waals surface area contributed by atoms with Gasteiger partial charge in [0.05, 0.1) is 17.9 Å². The fourth-order valence-electron chi connectivity index (χ4n) is 2.05. The molecule has 7 heteroatoms. The number of nitrogens with one attached hydrogen (secondary N) is 2. The monoisotopic (exact) mass is 313 g/mol. The number of hydrogen-bond donors (Lipinski definition) is 2. The van der Waals surface area contributed by atoms with Crippen molar-refractivity contribution in [2.24, 2.45) is 4.99 Å². The lowest BCUT2D eigenvalue weighted by Gasteiger charge is -2.14. The maximum Gasteiger partial charge on any atom is 0.203 e. The zero-order valence-electron chi connectivity index (χ0n) is 14.1. The second-order valence-electron chi connectivity index (χ2n) is 5.50. The van der Waals surface area contributed by atoms with Crippen molar-refractivity contribution in [3.8, 4) is 0 Å². The summed E-state index contributed by atoms with van der Waals surface area (Å²) >= 11 is 0. The highest BCUT2D eigenvalue weighted by molar-refractivity contribution is 5.68. The molecule has 0 radical (unpaired) electrons. The van der Waals surface area contributed by atoms with Gasteiger partial charge in [0.1, 0.15) is 11.5 Å². The van der Waals surface area contributed by atoms with Crippen LogP contribution in [-0.2, 0) is 0 Å². The molecule has 0 saturated heterocycles. The van der Waals surface area contributed by atoms with Gasteiger partial charge >= 0.3 is 0 Å². The summed E-state index contributed by atoms with van der Waals surface area (Å²) in [4.78, 5) is 8.74. The van der Waals surface area contributed by atoms with Crippen LogP contribution in [0.2, 0.25) is 0 Å². The number of aryl methyl sites for hydroxylation is 1. The molecule has 0 spiro atoms. The Kier molecular flexibility index (Phi) is 5.10. The lowest BCUT2D eigenvalue weighted by Crippen LogP contribution is -2.17. The molecule has 0 saturated carbocycles. The van der Waals surface area contributed by atoms with Crippen LogP contribution in [0.5, 0.6) is 0 Å². The largest absolute Gasteiger partial charge is 0.378 e. The molecule has 0 aliphatic carbocycles. The molecule has 7 nitrogen and oxygen atoms in total. The van der Waals surface area contributed by atoms with Crippen LogP contribution in [0.15, 0.2) is 30.0 Å². The van der Waals surface area contributed by atoms with Crippen molar-refractivity contribution in [3.05, 3.63) is 36.6 Å². The summed E-state index contributed by atoms with van der Waals surface area (Å²) in [6.45, 7) is 16.3. The molecule has 2 rings (SSSR count). The fraction of sp³-hybridized carbons (Fsp3) is 0.375. The van der Waals surface area contributed by atoms with E-state index in [4.69, 9.17) is 0 Å². The number of aliphatic imine (C=N–C) groups is 1. The summed E-state index contributed by atoms with van der Waals surface area (Å²) in [5, 5.41) is 14.8. The molecule has 0 fully saturated rings. The first-order valence-electron chi connectivity index (χ1n) is 7.51. The van der Waals surface area contributed by atoms with E-state index in [1.54, 1.807) is 6.21 Å². The molecule has 0 amide bonds. The fourth-order valence-corrected chi connectivity index (χ4v) is 2.05. The number of nitrogens with zero attached hydrogens (tertiary/aromatic N) is 5. The minimum Gasteiger partial charge on any atom is -0.378 e. The summed E-state index contributed by atoms with van der Waals surface area (Å²) < 4.78 is 1.90. The van der Waals surface area contributed by atoms with E-state index in [0.717, 1.165) is 17.2 Å². The summed E-state index contributed by atoms with van der Waals surface area (Å²) in [5.41, 5.74) is 2.85. The molecule has 2 aromatic heterocycles. The minimum atomic E-state index is 0.235. The highest BCUT2D eigenvalue weighted by Gasteiger charge is 2.13. The Balaban J connectivity index is 2.31. The number of fused-ring (bicyclic) bond motifs is 1. The van der Waals surface area contributed by atoms with Gasteiger partial charge in [0.25, 0.3) is 0 Å². The van der Waals surface area contributed by atoms with E-state index in [9.17, 15) is 0 Å². The smallest absolute Gasteiger partial charge is 0.203 e. The lowest BCUT2D eigenvalue weighted by molar-refractivity contribution is 0.879. The van der Waals surface area contributed by atoms with Crippen LogP contribution in [-0.4, -0.2) is 38.4 Å². The van der Waals surface area contributed by atoms with Crippen LogP contribution >= 0.6 is 0 Å². The molecule has 23 heavy (non-hydrogen) atoms. The SMILES string of the molecule is C=C(CNC(=C)c1cn2c(C)nnc2c(NC(C)C)n1)N=CC. The molecule has 2 aromatic rings. The second kappa shape index (κ2) is 7.04. The van der Waals surface area contributed by atoms with Crippen LogP contribution in [0.1, 0.15) is 32.3 Å². The van der Waals surface area contributed by atoms with E-state index < -0.39 is 0 Å². The summed E-state index contributed by atoms with van der Waals surface area (Å²) in [7, 11) is 0. The maximum atomic E-state index is 4.61. The average molecular weight is 313 g/mol. The predicted octanol–water partition coefficient (Wildman–Crippen LogP) is 2.42. The molecular formula is C16H23N7. The van der Waals surface area contributed by atoms with Crippen molar-refractivity contribution in [1.82, 2.24) is 24.9 Å². The van der Waals surface area contributed by atoms with E-state index in [1.807, 2.05) is 38.3 Å². The zero-order valence-corrected chi connectivity index (χ0v) is 14.1. The van der Waals surface area contributed by atoms with Crippen molar-refractivity contribution < 1.29 is 0 Å². The third-order valence-electron chi connectivity index (χ3n) is 3.11. The van der Waals surface area contributed by atoms with Gasteiger partial charge in [0, 0.05) is 18.5 Å². The molecule has 2 heterocycles. The highest BCUT2D eigenvalue weighted by Crippen LogP contribution is 2.18. The molecule has 0 bridgehead atoms. The number of rotatable bonds is 7. The van der Waals surface area contributed by atoms with Crippen LogP contribution in [0.25, 0.3) is 11.3 Å². The Morgan fingerprint density at radius 2 is 2.13 bits per heavy atom. The van der Waals surface area contributed by atoms with E-state index in [1.165, 1.54) is 0 Å². The number of anilines is 1. The van der Waals surface area contributed by atoms with Crippen molar-refractivity contribution in [2.45, 2.75) is 33.7 Å². The molecule has 2 N–H and O–H groups in total. The maximum absolute atomic E-state index is 4.61. The minimum absolute atomic E-state index is 0.235. The summed E-state index contributed by atoms with van der Waals surface area (Å²) in [6, 6.07) is 0.235. The van der Waals surface area contributed by atoms with Crippen LogP contribution in [0.3, 0.4) is 0 Å². The number of aromatic nitrogens is 4. The van der Waals surface area contributed by atoms with Gasteiger partial charge in [-0.2, -0.15) is 0 Å². The molecule has 0 atom stereocenters. The van der Waals surface area contributed by atoms with E-state index >= 15 is 0 Å². The summed E-state index contributed by atoms with van der Waals surface area (Å²) in [5.74, 6) is 1.48. The quantitative estimate of drug-likeness (QED) is 0.767. The van der Waals surface area contributed by atoms with Gasteiger partial charge in [0.15, 0.2) is 5.82 Å². The molecule has 0 unspecified atom stereocenters. The van der Waals surface area contributed by atoms with Gasteiger partial charge in [-0.05, 0) is 27.7 Å². The van der Waals surface area contributed by atoms with Crippen molar-refractivity contribution in [3.63, 3.8) is 0 Å². The Morgan fingerprint density at radius 1 is 1.39 bits per heavy atom. The standard InChI is InChI=1S/C16H23N7/c1-7-17-11(4)8-18-12(5)14-9-23-13(6)21-22-16(23)15(20-14)19-10(2)3/h7,9-10,18H,4-5,8H2,1-3,6H3,(H,19,20). The van der Waals surface area contributed by atoms with Crippen molar-refractivity contribution in [2.75, 3.05) is 11.9 Å². The van der Waals surface area contributed by atoms with Gasteiger partial charge < -0.3 is 10.6 Å². The molecule has 0 aliphatic heterocycles. The van der Waals surface area contributed by atoms with Crippen LogP contribution < -0.4 is 10.6 Å².